The van der Waals surface area contributed by atoms with Gasteiger partial charge in [0.2, 0.25) is 5.91 Å². The van der Waals surface area contributed by atoms with E-state index >= 15 is 0 Å². The summed E-state index contributed by atoms with van der Waals surface area (Å²) in [6.45, 7) is 9.47. The molecule has 5 heteroatoms. The van der Waals surface area contributed by atoms with E-state index < -0.39 is 6.04 Å². The molecule has 46 heavy (non-hydrogen) atoms. The molecular weight excluding hydrogens is 564 g/mol. The van der Waals surface area contributed by atoms with Crippen molar-refractivity contribution >= 4 is 5.91 Å². The van der Waals surface area contributed by atoms with Gasteiger partial charge in [0.1, 0.15) is 0 Å². The average molecular weight is 652 g/mol. The topological polar surface area (TPSA) is 81.1 Å². The number of amides is 1. The minimum absolute atomic E-state index is 0.0107. The maximum absolute atomic E-state index is 12.5. The summed E-state index contributed by atoms with van der Waals surface area (Å²) in [7, 11) is 2.43. The molecule has 0 aliphatic rings. The zero-order valence-corrected chi connectivity index (χ0v) is 32.0. The first-order valence-electron chi connectivity index (χ1n) is 21.1. The van der Waals surface area contributed by atoms with Crippen molar-refractivity contribution in [1.82, 2.24) is 5.32 Å². The lowest BCUT2D eigenvalue weighted by atomic mass is 10.0. The van der Waals surface area contributed by atoms with Crippen LogP contribution in [0.25, 0.3) is 0 Å². The molecule has 0 heterocycles. The molecule has 5 N–H and O–H groups in total. The predicted octanol–water partition coefficient (Wildman–Crippen LogP) is 11.0. The molecule has 0 aromatic carbocycles. The second kappa shape index (κ2) is 35.7. The number of carbonyl (C=O) groups is 1. The van der Waals surface area contributed by atoms with Gasteiger partial charge in [0.05, 0.1) is 39.3 Å². The van der Waals surface area contributed by atoms with Gasteiger partial charge in [-0.1, -0.05) is 174 Å². The second-order valence-electron chi connectivity index (χ2n) is 15.2. The molecule has 0 fully saturated rings. The van der Waals surface area contributed by atoms with Crippen molar-refractivity contribution in [2.45, 2.75) is 219 Å². The van der Waals surface area contributed by atoms with Gasteiger partial charge in [-0.05, 0) is 45.1 Å². The van der Waals surface area contributed by atoms with E-state index in [0.29, 0.717) is 6.54 Å². The van der Waals surface area contributed by atoms with Gasteiger partial charge in [-0.3, -0.25) is 4.79 Å². The third-order valence-electron chi connectivity index (χ3n) is 10.4. The number of nitrogens with zero attached hydrogens (tertiary/aromatic N) is 1. The van der Waals surface area contributed by atoms with Crippen LogP contribution in [0.15, 0.2) is 0 Å². The quantitative estimate of drug-likeness (QED) is 0.0459. The molecule has 0 saturated carbocycles. The number of quaternary nitrogens is 1. The Labute approximate surface area is 290 Å². The Morgan fingerprint density at radius 2 is 0.826 bits per heavy atom. The highest BCUT2D eigenvalue weighted by Crippen LogP contribution is 2.17. The number of nitrogens with two attached hydrogens (primary N) is 2. The van der Waals surface area contributed by atoms with E-state index in [-0.39, 0.29) is 5.91 Å². The molecule has 0 aliphatic heterocycles. The Morgan fingerprint density at radius 1 is 0.500 bits per heavy atom. The predicted molar refractivity (Wildman–Crippen MR) is 205 cm³/mol. The van der Waals surface area contributed by atoms with Crippen LogP contribution in [0, 0.1) is 0 Å². The minimum Gasteiger partial charge on any atom is -0.349 e. The maximum atomic E-state index is 12.5. The molecule has 0 aromatic rings. The zero-order valence-electron chi connectivity index (χ0n) is 32.0. The molecule has 0 bridgehead atoms. The molecule has 0 rings (SSSR count). The van der Waals surface area contributed by atoms with E-state index in [1.807, 2.05) is 0 Å². The van der Waals surface area contributed by atoms with Gasteiger partial charge in [-0.25, -0.2) is 0 Å². The van der Waals surface area contributed by atoms with Crippen LogP contribution in [0.5, 0.6) is 0 Å². The van der Waals surface area contributed by atoms with Gasteiger partial charge in [0.15, 0.2) is 0 Å². The molecule has 0 radical (unpaired) electrons. The van der Waals surface area contributed by atoms with Gasteiger partial charge in [0.25, 0.3) is 0 Å². The van der Waals surface area contributed by atoms with Crippen LogP contribution in [0.4, 0.5) is 0 Å². The molecule has 0 unspecified atom stereocenters. The summed E-state index contributed by atoms with van der Waals surface area (Å²) >= 11 is 0. The van der Waals surface area contributed by atoms with E-state index in [1.54, 1.807) is 0 Å². The SMILES string of the molecule is CCCCCCCCCCCCCCCC[N+](C)(CCCCCCCCCCCCCCCC)CCNC(=O)[C@@H](N)CCCCN. The van der Waals surface area contributed by atoms with Gasteiger partial charge in [0, 0.05) is 0 Å². The second-order valence-corrected chi connectivity index (χ2v) is 15.2. The number of unbranched alkanes of at least 4 members (excludes halogenated alkanes) is 27. The summed E-state index contributed by atoms with van der Waals surface area (Å²) in [5.41, 5.74) is 11.7. The molecule has 0 saturated heterocycles. The molecule has 5 nitrogen and oxygen atoms in total. The van der Waals surface area contributed by atoms with Crippen LogP contribution in [0.1, 0.15) is 213 Å². The lowest BCUT2D eigenvalue weighted by Gasteiger charge is -2.35. The van der Waals surface area contributed by atoms with E-state index in [1.165, 1.54) is 193 Å². The van der Waals surface area contributed by atoms with Gasteiger partial charge in [-0.15, -0.1) is 0 Å². The zero-order chi connectivity index (χ0) is 33.8. The fourth-order valence-corrected chi connectivity index (χ4v) is 6.93. The van der Waals surface area contributed by atoms with Crippen LogP contribution < -0.4 is 16.8 Å². The monoisotopic (exact) mass is 652 g/mol. The third kappa shape index (κ3) is 31.9. The lowest BCUT2D eigenvalue weighted by molar-refractivity contribution is -0.908. The lowest BCUT2D eigenvalue weighted by Crippen LogP contribution is -2.51. The summed E-state index contributed by atoms with van der Waals surface area (Å²) < 4.78 is 1.08. The number of likely N-dealkylation sites (N-methyl/N-ethyl adjacent to an activating group) is 1. The molecule has 276 valence electrons. The fourth-order valence-electron chi connectivity index (χ4n) is 6.93. The van der Waals surface area contributed by atoms with Crippen molar-refractivity contribution in [2.24, 2.45) is 11.5 Å². The minimum atomic E-state index is -0.401. The normalized spacial score (nSPS) is 12.5. The van der Waals surface area contributed by atoms with Gasteiger partial charge in [-0.2, -0.15) is 0 Å². The Bertz CT molecular complexity index is 581. The van der Waals surface area contributed by atoms with Crippen molar-refractivity contribution in [1.29, 1.82) is 0 Å². The molecule has 0 spiro atoms. The van der Waals surface area contributed by atoms with Crippen LogP contribution in [0.2, 0.25) is 0 Å². The number of hydrogen-bond acceptors (Lipinski definition) is 3. The number of hydrogen-bond donors (Lipinski definition) is 3. The highest BCUT2D eigenvalue weighted by molar-refractivity contribution is 5.81. The first kappa shape index (κ1) is 45.3. The van der Waals surface area contributed by atoms with Crippen molar-refractivity contribution in [3.63, 3.8) is 0 Å². The van der Waals surface area contributed by atoms with Crippen LogP contribution >= 0.6 is 0 Å². The van der Waals surface area contributed by atoms with E-state index in [0.717, 1.165) is 36.8 Å². The Kier molecular flexibility index (Phi) is 35.1. The van der Waals surface area contributed by atoms with Crippen molar-refractivity contribution in [2.75, 3.05) is 39.8 Å². The van der Waals surface area contributed by atoms with E-state index in [9.17, 15) is 4.79 Å². The molecule has 1 atom stereocenters. The number of rotatable bonds is 38. The standard InChI is InChI=1S/C41H86N4O/c1-4-6-8-10-12-14-16-18-20-22-24-26-28-32-37-45(3,39-36-44-41(46)40(43)34-30-31-35-42)38-33-29-27-25-23-21-19-17-15-13-11-9-7-5-2/h40H,4-39,42-43H2,1-3H3/p+1/t40-/m0/s1. The van der Waals surface area contributed by atoms with E-state index in [2.05, 4.69) is 26.2 Å². The Hall–Kier alpha value is -0.650. The van der Waals surface area contributed by atoms with Crippen LogP contribution in [0.3, 0.4) is 0 Å². The Balaban J connectivity index is 4.20. The first-order valence-corrected chi connectivity index (χ1v) is 21.1. The molecule has 1 amide bonds. The average Bonchev–Trinajstić information content (AvgIpc) is 3.05. The van der Waals surface area contributed by atoms with Crippen molar-refractivity contribution in [3.05, 3.63) is 0 Å². The van der Waals surface area contributed by atoms with Crippen molar-refractivity contribution in [3.8, 4) is 0 Å². The Morgan fingerprint density at radius 3 is 1.15 bits per heavy atom. The van der Waals surface area contributed by atoms with Crippen LogP contribution in [-0.4, -0.2) is 56.2 Å². The number of carbonyl (C=O) groups excluding carboxylic acids is 1. The fraction of sp³-hybridized carbons (Fsp3) is 0.976. The molecule has 0 aromatic heterocycles. The van der Waals surface area contributed by atoms with Gasteiger partial charge < -0.3 is 21.3 Å². The summed E-state index contributed by atoms with van der Waals surface area (Å²) in [4.78, 5) is 12.5. The maximum Gasteiger partial charge on any atom is 0.237 e. The molecule has 0 aliphatic carbocycles. The largest absolute Gasteiger partial charge is 0.349 e. The van der Waals surface area contributed by atoms with E-state index in [4.69, 9.17) is 11.5 Å². The van der Waals surface area contributed by atoms with Crippen LogP contribution in [-0.2, 0) is 4.79 Å². The van der Waals surface area contributed by atoms with Gasteiger partial charge >= 0.3 is 0 Å². The summed E-state index contributed by atoms with van der Waals surface area (Å²) in [6.07, 6.45) is 42.0. The molecular formula is C41H87N4O+. The van der Waals surface area contributed by atoms with Crippen molar-refractivity contribution < 1.29 is 9.28 Å². The smallest absolute Gasteiger partial charge is 0.237 e. The summed E-state index contributed by atoms with van der Waals surface area (Å²) in [6, 6.07) is -0.401. The number of nitrogens with one attached hydrogen (secondary N) is 1. The summed E-state index contributed by atoms with van der Waals surface area (Å²) in [5.74, 6) is 0.0107. The first-order chi connectivity index (χ1) is 22.5. The highest BCUT2D eigenvalue weighted by Gasteiger charge is 2.21. The summed E-state index contributed by atoms with van der Waals surface area (Å²) in [5, 5.41) is 3.16. The highest BCUT2D eigenvalue weighted by atomic mass is 16.2. The third-order valence-corrected chi connectivity index (χ3v) is 10.4.